The number of likely N-dealkylation sites (N-methyl/N-ethyl adjacent to an activating group) is 1. The van der Waals surface area contributed by atoms with Crippen LogP contribution in [0.5, 0.6) is 5.75 Å². The van der Waals surface area contributed by atoms with Crippen molar-refractivity contribution < 1.29 is 14.6 Å². The zero-order chi connectivity index (χ0) is 12.8. The minimum Gasteiger partial charge on any atom is -0.481 e. The van der Waals surface area contributed by atoms with Crippen molar-refractivity contribution in [1.29, 1.82) is 0 Å². The van der Waals surface area contributed by atoms with E-state index in [1.807, 2.05) is 31.2 Å². The van der Waals surface area contributed by atoms with Gasteiger partial charge in [0.2, 0.25) is 0 Å². The third-order valence-electron chi connectivity index (χ3n) is 2.49. The average molecular weight is 237 g/mol. The third kappa shape index (κ3) is 4.07. The molecule has 0 spiro atoms. The number of carbonyl (C=O) groups excluding carboxylic acids is 1. The highest BCUT2D eigenvalue weighted by molar-refractivity contribution is 5.80. The summed E-state index contributed by atoms with van der Waals surface area (Å²) in [6, 6.07) is 7.55. The van der Waals surface area contributed by atoms with Crippen LogP contribution in [-0.2, 0) is 4.79 Å². The van der Waals surface area contributed by atoms with Crippen molar-refractivity contribution in [3.8, 4) is 5.75 Å². The molecule has 1 amide bonds. The van der Waals surface area contributed by atoms with Crippen LogP contribution in [0, 0.1) is 6.92 Å². The number of nitrogens with zero attached hydrogens (tertiary/aromatic N) is 1. The SMILES string of the molecule is Cc1ccc(OC(C)C(=O)N(C)CCO)cc1. The number of aliphatic hydroxyl groups excluding tert-OH is 1. The lowest BCUT2D eigenvalue weighted by molar-refractivity contribution is -0.137. The first-order chi connectivity index (χ1) is 8.04. The molecule has 4 heteroatoms. The highest BCUT2D eigenvalue weighted by Gasteiger charge is 2.18. The van der Waals surface area contributed by atoms with Crippen LogP contribution < -0.4 is 4.74 Å². The second-order valence-electron chi connectivity index (χ2n) is 4.06. The van der Waals surface area contributed by atoms with Crippen molar-refractivity contribution in [2.75, 3.05) is 20.2 Å². The number of rotatable bonds is 5. The number of benzene rings is 1. The van der Waals surface area contributed by atoms with Gasteiger partial charge in [0.05, 0.1) is 6.61 Å². The number of aliphatic hydroxyl groups is 1. The van der Waals surface area contributed by atoms with Gasteiger partial charge in [0.15, 0.2) is 6.10 Å². The summed E-state index contributed by atoms with van der Waals surface area (Å²) in [5, 5.41) is 8.75. The Hall–Kier alpha value is -1.55. The Labute approximate surface area is 102 Å². The Morgan fingerprint density at radius 2 is 2.00 bits per heavy atom. The van der Waals surface area contributed by atoms with Crippen molar-refractivity contribution in [3.63, 3.8) is 0 Å². The zero-order valence-corrected chi connectivity index (χ0v) is 10.5. The van der Waals surface area contributed by atoms with Crippen LogP contribution in [0.1, 0.15) is 12.5 Å². The molecule has 1 unspecified atom stereocenters. The van der Waals surface area contributed by atoms with Crippen molar-refractivity contribution in [2.24, 2.45) is 0 Å². The van der Waals surface area contributed by atoms with E-state index in [9.17, 15) is 4.79 Å². The maximum atomic E-state index is 11.8. The summed E-state index contributed by atoms with van der Waals surface area (Å²) in [4.78, 5) is 13.3. The quantitative estimate of drug-likeness (QED) is 0.837. The monoisotopic (exact) mass is 237 g/mol. The molecule has 0 radical (unpaired) electrons. The molecule has 1 atom stereocenters. The number of hydrogen-bond acceptors (Lipinski definition) is 3. The van der Waals surface area contributed by atoms with E-state index in [4.69, 9.17) is 9.84 Å². The molecule has 0 bridgehead atoms. The summed E-state index contributed by atoms with van der Waals surface area (Å²) in [6.45, 7) is 3.98. The van der Waals surface area contributed by atoms with Crippen LogP contribution in [0.15, 0.2) is 24.3 Å². The fraction of sp³-hybridized carbons (Fsp3) is 0.462. The van der Waals surface area contributed by atoms with Crippen LogP contribution in [0.4, 0.5) is 0 Å². The average Bonchev–Trinajstić information content (AvgIpc) is 2.31. The predicted molar refractivity (Wildman–Crippen MR) is 66.0 cm³/mol. The lowest BCUT2D eigenvalue weighted by atomic mass is 10.2. The van der Waals surface area contributed by atoms with Gasteiger partial charge in [-0.25, -0.2) is 0 Å². The van der Waals surface area contributed by atoms with E-state index < -0.39 is 6.10 Å². The van der Waals surface area contributed by atoms with E-state index in [0.29, 0.717) is 12.3 Å². The molecule has 17 heavy (non-hydrogen) atoms. The topological polar surface area (TPSA) is 49.8 Å². The van der Waals surface area contributed by atoms with Gasteiger partial charge in [-0.2, -0.15) is 0 Å². The minimum absolute atomic E-state index is 0.0422. The van der Waals surface area contributed by atoms with E-state index in [-0.39, 0.29) is 12.5 Å². The smallest absolute Gasteiger partial charge is 0.263 e. The second kappa shape index (κ2) is 6.25. The summed E-state index contributed by atoms with van der Waals surface area (Å²) in [6.07, 6.45) is -0.547. The van der Waals surface area contributed by atoms with Gasteiger partial charge in [0.25, 0.3) is 5.91 Å². The molecule has 4 nitrogen and oxygen atoms in total. The highest BCUT2D eigenvalue weighted by atomic mass is 16.5. The molecule has 0 heterocycles. The van der Waals surface area contributed by atoms with E-state index in [0.717, 1.165) is 5.56 Å². The van der Waals surface area contributed by atoms with E-state index in [1.165, 1.54) is 4.90 Å². The van der Waals surface area contributed by atoms with Crippen molar-refractivity contribution in [1.82, 2.24) is 4.90 Å². The molecule has 1 rings (SSSR count). The number of ether oxygens (including phenoxy) is 1. The van der Waals surface area contributed by atoms with Crippen LogP contribution in [0.25, 0.3) is 0 Å². The molecule has 0 aliphatic rings. The van der Waals surface area contributed by atoms with Crippen LogP contribution in [0.3, 0.4) is 0 Å². The van der Waals surface area contributed by atoms with Crippen LogP contribution in [-0.4, -0.2) is 42.2 Å². The second-order valence-corrected chi connectivity index (χ2v) is 4.06. The first kappa shape index (κ1) is 13.5. The zero-order valence-electron chi connectivity index (χ0n) is 10.5. The summed E-state index contributed by atoms with van der Waals surface area (Å²) < 4.78 is 5.53. The normalized spacial score (nSPS) is 12.0. The number of hydrogen-bond donors (Lipinski definition) is 1. The molecule has 0 fully saturated rings. The Morgan fingerprint density at radius 3 is 2.53 bits per heavy atom. The number of carbonyl (C=O) groups is 1. The first-order valence-corrected chi connectivity index (χ1v) is 5.63. The third-order valence-corrected chi connectivity index (χ3v) is 2.49. The predicted octanol–water partition coefficient (Wildman–Crippen LogP) is 1.21. The molecule has 0 saturated carbocycles. The van der Waals surface area contributed by atoms with Gasteiger partial charge < -0.3 is 14.7 Å². The van der Waals surface area contributed by atoms with Gasteiger partial charge in [-0.15, -0.1) is 0 Å². The standard InChI is InChI=1S/C13H19NO3/c1-10-4-6-12(7-5-10)17-11(2)13(16)14(3)8-9-15/h4-7,11,15H,8-9H2,1-3H3. The Kier molecular flexibility index (Phi) is 4.97. The molecular weight excluding hydrogens is 218 g/mol. The fourth-order valence-electron chi connectivity index (χ4n) is 1.44. The molecule has 0 saturated heterocycles. The summed E-state index contributed by atoms with van der Waals surface area (Å²) in [7, 11) is 1.65. The summed E-state index contributed by atoms with van der Waals surface area (Å²) in [5.74, 6) is 0.536. The fourth-order valence-corrected chi connectivity index (χ4v) is 1.44. The maximum absolute atomic E-state index is 11.8. The molecule has 0 aliphatic heterocycles. The number of amides is 1. The highest BCUT2D eigenvalue weighted by Crippen LogP contribution is 2.13. The van der Waals surface area contributed by atoms with Crippen molar-refractivity contribution in [2.45, 2.75) is 20.0 Å². The van der Waals surface area contributed by atoms with Crippen molar-refractivity contribution >= 4 is 5.91 Å². The molecule has 1 aromatic rings. The molecule has 0 aliphatic carbocycles. The molecule has 0 aromatic heterocycles. The van der Waals surface area contributed by atoms with Gasteiger partial charge in [0.1, 0.15) is 5.75 Å². The lowest BCUT2D eigenvalue weighted by Crippen LogP contribution is -2.39. The van der Waals surface area contributed by atoms with E-state index in [2.05, 4.69) is 0 Å². The first-order valence-electron chi connectivity index (χ1n) is 5.63. The minimum atomic E-state index is -0.547. The van der Waals surface area contributed by atoms with Crippen molar-refractivity contribution in [3.05, 3.63) is 29.8 Å². The largest absolute Gasteiger partial charge is 0.481 e. The lowest BCUT2D eigenvalue weighted by Gasteiger charge is -2.21. The van der Waals surface area contributed by atoms with E-state index in [1.54, 1.807) is 14.0 Å². The Bertz CT molecular complexity index is 361. The molecule has 94 valence electrons. The van der Waals surface area contributed by atoms with E-state index >= 15 is 0 Å². The molecular formula is C13H19NO3. The molecule has 1 N–H and O–H groups in total. The Morgan fingerprint density at radius 1 is 1.41 bits per heavy atom. The van der Waals surface area contributed by atoms with Gasteiger partial charge in [0, 0.05) is 13.6 Å². The molecule has 1 aromatic carbocycles. The van der Waals surface area contributed by atoms with Crippen LogP contribution >= 0.6 is 0 Å². The van der Waals surface area contributed by atoms with Gasteiger partial charge in [-0.1, -0.05) is 17.7 Å². The van der Waals surface area contributed by atoms with Gasteiger partial charge in [-0.3, -0.25) is 4.79 Å². The van der Waals surface area contributed by atoms with Gasteiger partial charge >= 0.3 is 0 Å². The number of aryl methyl sites for hydroxylation is 1. The van der Waals surface area contributed by atoms with Gasteiger partial charge in [-0.05, 0) is 26.0 Å². The Balaban J connectivity index is 2.56. The maximum Gasteiger partial charge on any atom is 0.263 e. The van der Waals surface area contributed by atoms with Crippen LogP contribution in [0.2, 0.25) is 0 Å². The summed E-state index contributed by atoms with van der Waals surface area (Å²) in [5.41, 5.74) is 1.15. The summed E-state index contributed by atoms with van der Waals surface area (Å²) >= 11 is 0.